The van der Waals surface area contributed by atoms with Gasteiger partial charge in [-0.05, 0) is 25.8 Å². The van der Waals surface area contributed by atoms with E-state index in [9.17, 15) is 8.42 Å². The Morgan fingerprint density at radius 2 is 2.29 bits per heavy atom. The van der Waals surface area contributed by atoms with Crippen molar-refractivity contribution >= 4 is 9.84 Å². The van der Waals surface area contributed by atoms with Crippen molar-refractivity contribution in [2.75, 3.05) is 18.6 Å². The summed E-state index contributed by atoms with van der Waals surface area (Å²) in [5.74, 6) is 0.252. The molecule has 1 N–H and O–H groups in total. The third kappa shape index (κ3) is 4.12. The molecule has 6 heteroatoms. The molecule has 96 valence electrons. The van der Waals surface area contributed by atoms with Gasteiger partial charge in [-0.2, -0.15) is 0 Å². The van der Waals surface area contributed by atoms with E-state index in [0.29, 0.717) is 12.5 Å². The van der Waals surface area contributed by atoms with Crippen LogP contribution in [0.15, 0.2) is 12.5 Å². The SMILES string of the molecule is CS(=O)(=O)CCCNCc1cncn1C1CC1. The van der Waals surface area contributed by atoms with E-state index in [0.717, 1.165) is 13.1 Å². The lowest BCUT2D eigenvalue weighted by Crippen LogP contribution is -2.19. The van der Waals surface area contributed by atoms with Crippen molar-refractivity contribution in [2.24, 2.45) is 0 Å². The maximum atomic E-state index is 10.9. The van der Waals surface area contributed by atoms with Crippen molar-refractivity contribution in [2.45, 2.75) is 31.8 Å². The first-order chi connectivity index (χ1) is 8.06. The summed E-state index contributed by atoms with van der Waals surface area (Å²) in [5.41, 5.74) is 1.19. The molecular weight excluding hydrogens is 238 g/mol. The summed E-state index contributed by atoms with van der Waals surface area (Å²) in [6, 6.07) is 0.644. The van der Waals surface area contributed by atoms with Gasteiger partial charge in [-0.1, -0.05) is 0 Å². The molecule has 1 aliphatic carbocycles. The fourth-order valence-corrected chi connectivity index (χ4v) is 2.49. The first kappa shape index (κ1) is 12.6. The molecule has 1 aromatic heterocycles. The zero-order valence-corrected chi connectivity index (χ0v) is 10.9. The first-order valence-corrected chi connectivity index (χ1v) is 8.01. The minimum Gasteiger partial charge on any atom is -0.330 e. The topological polar surface area (TPSA) is 64.0 Å². The zero-order valence-electron chi connectivity index (χ0n) is 10.1. The summed E-state index contributed by atoms with van der Waals surface area (Å²) in [7, 11) is -2.83. The van der Waals surface area contributed by atoms with Crippen LogP contribution in [0, 0.1) is 0 Å². The molecule has 0 atom stereocenters. The molecule has 0 amide bonds. The average Bonchev–Trinajstić information content (AvgIpc) is 2.97. The number of nitrogens with zero attached hydrogens (tertiary/aromatic N) is 2. The first-order valence-electron chi connectivity index (χ1n) is 5.95. The molecular formula is C11H19N3O2S. The highest BCUT2D eigenvalue weighted by molar-refractivity contribution is 7.90. The van der Waals surface area contributed by atoms with E-state index in [1.807, 2.05) is 12.5 Å². The van der Waals surface area contributed by atoms with Crippen molar-refractivity contribution in [3.05, 3.63) is 18.2 Å². The summed E-state index contributed by atoms with van der Waals surface area (Å²) >= 11 is 0. The van der Waals surface area contributed by atoms with Crippen LogP contribution in [0.5, 0.6) is 0 Å². The summed E-state index contributed by atoms with van der Waals surface area (Å²) in [6.07, 6.45) is 8.19. The van der Waals surface area contributed by atoms with E-state index in [1.54, 1.807) is 0 Å². The molecule has 1 saturated carbocycles. The van der Waals surface area contributed by atoms with E-state index in [4.69, 9.17) is 0 Å². The number of nitrogens with one attached hydrogen (secondary N) is 1. The van der Waals surface area contributed by atoms with Gasteiger partial charge in [-0.15, -0.1) is 0 Å². The highest BCUT2D eigenvalue weighted by Gasteiger charge is 2.24. The largest absolute Gasteiger partial charge is 0.330 e. The minimum atomic E-state index is -2.83. The molecule has 2 rings (SSSR count). The minimum absolute atomic E-state index is 0.252. The fourth-order valence-electron chi connectivity index (χ4n) is 1.83. The Kier molecular flexibility index (Phi) is 3.83. The molecule has 0 radical (unpaired) electrons. The molecule has 5 nitrogen and oxygen atoms in total. The Morgan fingerprint density at radius 3 is 2.94 bits per heavy atom. The average molecular weight is 257 g/mol. The predicted octanol–water partition coefficient (Wildman–Crippen LogP) is 0.742. The van der Waals surface area contributed by atoms with Gasteiger partial charge in [0.2, 0.25) is 0 Å². The molecule has 1 aliphatic rings. The van der Waals surface area contributed by atoms with Crippen molar-refractivity contribution in [1.29, 1.82) is 0 Å². The van der Waals surface area contributed by atoms with Gasteiger partial charge in [0.25, 0.3) is 0 Å². The van der Waals surface area contributed by atoms with Crippen LogP contribution in [-0.2, 0) is 16.4 Å². The van der Waals surface area contributed by atoms with E-state index in [2.05, 4.69) is 14.9 Å². The van der Waals surface area contributed by atoms with E-state index in [1.165, 1.54) is 24.8 Å². The van der Waals surface area contributed by atoms with Gasteiger partial charge in [0.1, 0.15) is 9.84 Å². The number of hydrogen-bond donors (Lipinski definition) is 1. The molecule has 0 aromatic carbocycles. The summed E-state index contributed by atoms with van der Waals surface area (Å²) < 4.78 is 24.1. The van der Waals surface area contributed by atoms with Gasteiger partial charge in [0.15, 0.2) is 0 Å². The number of hydrogen-bond acceptors (Lipinski definition) is 4. The number of aromatic nitrogens is 2. The van der Waals surface area contributed by atoms with Crippen LogP contribution in [-0.4, -0.2) is 36.5 Å². The lowest BCUT2D eigenvalue weighted by Gasteiger charge is -2.07. The van der Waals surface area contributed by atoms with Crippen molar-refractivity contribution in [3.8, 4) is 0 Å². The van der Waals surface area contributed by atoms with E-state index in [-0.39, 0.29) is 5.75 Å². The zero-order chi connectivity index (χ0) is 12.3. The Bertz CT molecular complexity index is 463. The number of imidazole rings is 1. The molecule has 1 heterocycles. The molecule has 0 unspecified atom stereocenters. The highest BCUT2D eigenvalue weighted by atomic mass is 32.2. The molecule has 1 aromatic rings. The van der Waals surface area contributed by atoms with Crippen molar-refractivity contribution in [3.63, 3.8) is 0 Å². The normalized spacial score (nSPS) is 16.3. The molecule has 0 saturated heterocycles. The van der Waals surface area contributed by atoms with Gasteiger partial charge < -0.3 is 9.88 Å². The van der Waals surface area contributed by atoms with E-state index < -0.39 is 9.84 Å². The molecule has 17 heavy (non-hydrogen) atoms. The van der Waals surface area contributed by atoms with Gasteiger partial charge in [-0.25, -0.2) is 13.4 Å². The lowest BCUT2D eigenvalue weighted by molar-refractivity contribution is 0.589. The van der Waals surface area contributed by atoms with Gasteiger partial charge in [-0.3, -0.25) is 0 Å². The Morgan fingerprint density at radius 1 is 1.53 bits per heavy atom. The molecule has 0 aliphatic heterocycles. The van der Waals surface area contributed by atoms with Crippen LogP contribution in [0.4, 0.5) is 0 Å². The standard InChI is InChI=1S/C11H19N3O2S/c1-17(15,16)6-2-5-12-7-11-8-13-9-14(11)10-3-4-10/h8-10,12H,2-7H2,1H3. The quantitative estimate of drug-likeness (QED) is 0.732. The maximum absolute atomic E-state index is 10.9. The highest BCUT2D eigenvalue weighted by Crippen LogP contribution is 2.35. The number of sulfone groups is 1. The second-order valence-corrected chi connectivity index (χ2v) is 6.94. The van der Waals surface area contributed by atoms with Crippen molar-refractivity contribution in [1.82, 2.24) is 14.9 Å². The summed E-state index contributed by atoms with van der Waals surface area (Å²) in [6.45, 7) is 1.49. The van der Waals surface area contributed by atoms with Crippen molar-refractivity contribution < 1.29 is 8.42 Å². The van der Waals surface area contributed by atoms with Crippen LogP contribution < -0.4 is 5.32 Å². The maximum Gasteiger partial charge on any atom is 0.147 e. The van der Waals surface area contributed by atoms with Gasteiger partial charge >= 0.3 is 0 Å². The molecule has 0 bridgehead atoms. The van der Waals surface area contributed by atoms with Gasteiger partial charge in [0.05, 0.1) is 17.8 Å². The summed E-state index contributed by atoms with van der Waals surface area (Å²) in [5, 5.41) is 3.26. The Balaban J connectivity index is 1.69. The third-order valence-electron chi connectivity index (χ3n) is 2.86. The van der Waals surface area contributed by atoms with Crippen LogP contribution in [0.3, 0.4) is 0 Å². The third-order valence-corrected chi connectivity index (χ3v) is 3.89. The Labute approximate surface area is 102 Å². The van der Waals surface area contributed by atoms with Crippen LogP contribution in [0.2, 0.25) is 0 Å². The fraction of sp³-hybridized carbons (Fsp3) is 0.727. The van der Waals surface area contributed by atoms with Crippen LogP contribution >= 0.6 is 0 Å². The monoisotopic (exact) mass is 257 g/mol. The molecule has 1 fully saturated rings. The second kappa shape index (κ2) is 5.18. The number of rotatable bonds is 7. The summed E-state index contributed by atoms with van der Waals surface area (Å²) in [4.78, 5) is 4.15. The Hall–Kier alpha value is -0.880. The van der Waals surface area contributed by atoms with E-state index >= 15 is 0 Å². The smallest absolute Gasteiger partial charge is 0.147 e. The lowest BCUT2D eigenvalue weighted by atomic mass is 10.4. The van der Waals surface area contributed by atoms with Gasteiger partial charge in [0, 0.05) is 25.0 Å². The second-order valence-electron chi connectivity index (χ2n) is 4.68. The molecule has 0 spiro atoms. The predicted molar refractivity (Wildman–Crippen MR) is 66.5 cm³/mol. The van der Waals surface area contributed by atoms with Crippen LogP contribution in [0.1, 0.15) is 31.0 Å². The van der Waals surface area contributed by atoms with Crippen LogP contribution in [0.25, 0.3) is 0 Å².